The van der Waals surface area contributed by atoms with Gasteiger partial charge >= 0.3 is 36.8 Å². The monoisotopic (exact) mass is 449 g/mol. The van der Waals surface area contributed by atoms with Crippen LogP contribution in [0.25, 0.3) is 0 Å². The van der Waals surface area contributed by atoms with E-state index in [9.17, 15) is 17.3 Å². The molecule has 0 unspecified atom stereocenters. The van der Waals surface area contributed by atoms with E-state index < -0.39 is 7.25 Å². The number of nitrogens with zero attached hydrogens (tertiary/aromatic N) is 1. The number of nitrogens with one attached hydrogen (secondary N) is 1. The Morgan fingerprint density at radius 1 is 0.700 bits per heavy atom. The Morgan fingerprint density at radius 3 is 1.37 bits per heavy atom. The Balaban J connectivity index is 0.00000125. The second-order valence-electron chi connectivity index (χ2n) is 6.49. The summed E-state index contributed by atoms with van der Waals surface area (Å²) in [5, 5.41) is 0. The van der Waals surface area contributed by atoms with Crippen LogP contribution in [0, 0.1) is 0 Å². The number of quaternary nitrogens is 1. The molecule has 0 aromatic heterocycles. The summed E-state index contributed by atoms with van der Waals surface area (Å²) in [6.45, 7) is 6.97. The molecule has 1 fully saturated rings. The Labute approximate surface area is 198 Å². The van der Waals surface area contributed by atoms with Crippen molar-refractivity contribution in [1.29, 1.82) is 0 Å². The third kappa shape index (κ3) is 16.3. The first-order chi connectivity index (χ1) is 13.8. The number of hydrogen-bond donors (Lipinski definition) is 1. The molecule has 0 atom stereocenters. The number of halogens is 4. The standard InChI is InChI=1S/C18H30N2O4.BF4.Na/c1-19(2)17-3-5-18(6-4-17)20-7-9-21-11-13-23-15-16-24-14-12-22-10-8-20;2-1(3,4)5;/h3-6H,7-16H2,1-2H3;;/q;-1;+1/p+1. The van der Waals surface area contributed by atoms with Crippen LogP contribution in [0.15, 0.2) is 24.3 Å². The van der Waals surface area contributed by atoms with Crippen LogP contribution in [0.5, 0.6) is 0 Å². The maximum Gasteiger partial charge on any atom is 1.00 e. The molecular weight excluding hydrogens is 418 g/mol. The molecule has 0 amide bonds. The van der Waals surface area contributed by atoms with Gasteiger partial charge in [0, 0.05) is 31.9 Å². The van der Waals surface area contributed by atoms with Crippen molar-refractivity contribution in [1.82, 2.24) is 0 Å². The summed E-state index contributed by atoms with van der Waals surface area (Å²) in [7, 11) is -1.89. The van der Waals surface area contributed by atoms with E-state index in [1.54, 1.807) is 0 Å². The zero-order chi connectivity index (χ0) is 21.5. The van der Waals surface area contributed by atoms with Crippen LogP contribution >= 0.6 is 0 Å². The molecule has 6 nitrogen and oxygen atoms in total. The molecule has 1 N–H and O–H groups in total. The first-order valence-corrected chi connectivity index (χ1v) is 9.58. The van der Waals surface area contributed by atoms with Crippen molar-refractivity contribution in [2.24, 2.45) is 0 Å². The van der Waals surface area contributed by atoms with Crippen LogP contribution in [-0.4, -0.2) is 87.3 Å². The van der Waals surface area contributed by atoms with E-state index in [-0.39, 0.29) is 29.6 Å². The Hall–Kier alpha value is -0.395. The quantitative estimate of drug-likeness (QED) is 0.447. The molecule has 0 aliphatic carbocycles. The fourth-order valence-electron chi connectivity index (χ4n) is 2.56. The van der Waals surface area contributed by atoms with Crippen molar-refractivity contribution < 1.29 is 70.7 Å². The van der Waals surface area contributed by atoms with Crippen molar-refractivity contribution in [2.75, 3.05) is 84.9 Å². The predicted octanol–water partition coefficient (Wildman–Crippen LogP) is -1.35. The number of hydrogen-bond acceptors (Lipinski definition) is 5. The largest absolute Gasteiger partial charge is 1.00 e. The average Bonchev–Trinajstić information content (AvgIpc) is 2.66. The third-order valence-electron chi connectivity index (χ3n) is 4.00. The van der Waals surface area contributed by atoms with E-state index in [0.29, 0.717) is 52.9 Å². The van der Waals surface area contributed by atoms with E-state index in [4.69, 9.17) is 18.9 Å². The van der Waals surface area contributed by atoms with Crippen LogP contribution in [0.3, 0.4) is 0 Å². The van der Waals surface area contributed by atoms with E-state index in [1.807, 2.05) is 0 Å². The van der Waals surface area contributed by atoms with Gasteiger partial charge in [-0.2, -0.15) is 0 Å². The number of rotatable bonds is 2. The minimum absolute atomic E-state index is 0. The van der Waals surface area contributed by atoms with Gasteiger partial charge in [0.05, 0.1) is 52.9 Å². The maximum atomic E-state index is 9.75. The summed E-state index contributed by atoms with van der Waals surface area (Å²) in [4.78, 5) is 3.48. The van der Waals surface area contributed by atoms with E-state index >= 15 is 0 Å². The summed E-state index contributed by atoms with van der Waals surface area (Å²) in [6, 6.07) is 8.68. The van der Waals surface area contributed by atoms with Gasteiger partial charge in [0.2, 0.25) is 0 Å². The second-order valence-corrected chi connectivity index (χ2v) is 6.49. The fraction of sp³-hybridized carbons (Fsp3) is 0.667. The Bertz CT molecular complexity index is 520. The summed E-state index contributed by atoms with van der Waals surface area (Å²) >= 11 is 0. The maximum absolute atomic E-state index is 9.75. The summed E-state index contributed by atoms with van der Waals surface area (Å²) in [5.41, 5.74) is 2.47. The molecule has 1 aromatic rings. The molecule has 30 heavy (non-hydrogen) atoms. The van der Waals surface area contributed by atoms with E-state index in [2.05, 4.69) is 43.3 Å². The molecule has 1 aliphatic heterocycles. The normalized spacial score (nSPS) is 18.1. The second kappa shape index (κ2) is 17.2. The molecule has 12 heteroatoms. The summed E-state index contributed by atoms with van der Waals surface area (Å²) in [6.07, 6.45) is 0. The molecule has 1 heterocycles. The van der Waals surface area contributed by atoms with Gasteiger partial charge in [-0.15, -0.1) is 0 Å². The van der Waals surface area contributed by atoms with Crippen molar-refractivity contribution in [3.05, 3.63) is 24.3 Å². The SMILES string of the molecule is CN(C)c1ccc([NH+]2CCOCCOCCOCCOCC2)cc1.F[B-](F)(F)F.[Na+]. The van der Waals surface area contributed by atoms with Gasteiger partial charge in [0.25, 0.3) is 0 Å². The van der Waals surface area contributed by atoms with Gasteiger partial charge in [-0.3, -0.25) is 4.90 Å². The van der Waals surface area contributed by atoms with Gasteiger partial charge in [0.1, 0.15) is 18.8 Å². The summed E-state index contributed by atoms with van der Waals surface area (Å²) < 4.78 is 61.3. The molecule has 0 saturated carbocycles. The van der Waals surface area contributed by atoms with Gasteiger partial charge in [-0.1, -0.05) is 0 Å². The molecule has 168 valence electrons. The predicted molar refractivity (Wildman–Crippen MR) is 105 cm³/mol. The fourth-order valence-corrected chi connectivity index (χ4v) is 2.56. The smallest absolute Gasteiger partial charge is 0.418 e. The average molecular weight is 449 g/mol. The van der Waals surface area contributed by atoms with Gasteiger partial charge in [0.15, 0.2) is 0 Å². The van der Waals surface area contributed by atoms with Crippen LogP contribution in [0.4, 0.5) is 28.6 Å². The molecule has 0 bridgehead atoms. The van der Waals surface area contributed by atoms with E-state index in [1.165, 1.54) is 16.3 Å². The summed E-state index contributed by atoms with van der Waals surface area (Å²) in [5.74, 6) is 0. The number of ether oxygens (including phenoxy) is 4. The third-order valence-corrected chi connectivity index (χ3v) is 4.00. The van der Waals surface area contributed by atoms with Crippen LogP contribution in [0.2, 0.25) is 0 Å². The van der Waals surface area contributed by atoms with Crippen molar-refractivity contribution >= 4 is 18.6 Å². The molecule has 0 radical (unpaired) electrons. The molecule has 2 rings (SSSR count). The molecule has 1 saturated heterocycles. The van der Waals surface area contributed by atoms with Crippen molar-refractivity contribution in [3.63, 3.8) is 0 Å². The number of anilines is 1. The first-order valence-electron chi connectivity index (χ1n) is 9.58. The topological polar surface area (TPSA) is 44.6 Å². The molecule has 0 spiro atoms. The zero-order valence-corrected chi connectivity index (χ0v) is 20.0. The van der Waals surface area contributed by atoms with Gasteiger partial charge < -0.3 is 41.1 Å². The number of benzene rings is 1. The Kier molecular flexibility index (Phi) is 17.0. The minimum Gasteiger partial charge on any atom is -0.418 e. The van der Waals surface area contributed by atoms with Crippen LogP contribution in [0.1, 0.15) is 0 Å². The van der Waals surface area contributed by atoms with Gasteiger partial charge in [-0.25, -0.2) is 0 Å². The molecule has 1 aromatic carbocycles. The molecule has 1 aliphatic rings. The Morgan fingerprint density at radius 2 is 1.03 bits per heavy atom. The van der Waals surface area contributed by atoms with Crippen molar-refractivity contribution in [3.8, 4) is 0 Å². The molecular formula is C18H31BF4N2NaO4+. The van der Waals surface area contributed by atoms with Crippen LogP contribution < -0.4 is 39.4 Å². The van der Waals surface area contributed by atoms with Crippen molar-refractivity contribution in [2.45, 2.75) is 0 Å². The van der Waals surface area contributed by atoms with Gasteiger partial charge in [-0.05, 0) is 12.1 Å². The first kappa shape index (κ1) is 29.6. The van der Waals surface area contributed by atoms with E-state index in [0.717, 1.165) is 13.1 Å². The zero-order valence-electron chi connectivity index (χ0n) is 18.0. The minimum atomic E-state index is -6.00. The van der Waals surface area contributed by atoms with Crippen LogP contribution in [-0.2, 0) is 18.9 Å².